The molecule has 0 saturated carbocycles. The van der Waals surface area contributed by atoms with Gasteiger partial charge in [0.2, 0.25) is 0 Å². The average molecular weight is 1440 g/mol. The zero-order chi connectivity index (χ0) is 69.2. The van der Waals surface area contributed by atoms with Gasteiger partial charge in [-0.3, -0.25) is 0 Å². The molecule has 40 heteroatoms. The fourth-order valence-corrected chi connectivity index (χ4v) is 12.3. The van der Waals surface area contributed by atoms with E-state index in [2.05, 4.69) is 50.5 Å². The van der Waals surface area contributed by atoms with Crippen molar-refractivity contribution in [3.63, 3.8) is 0 Å². The average Bonchev–Trinajstić information content (AvgIpc) is 0.997. The molecule has 16 unspecified atom stereocenters. The van der Waals surface area contributed by atoms with E-state index in [1.54, 1.807) is 0 Å². The molecule has 0 aliphatic carbocycles. The van der Waals surface area contributed by atoms with E-state index < -0.39 is 271 Å². The van der Waals surface area contributed by atoms with Crippen LogP contribution < -0.4 is 0 Å². The summed E-state index contributed by atoms with van der Waals surface area (Å²) in [6, 6.07) is 0. The minimum atomic E-state index is -1.58. The van der Waals surface area contributed by atoms with Gasteiger partial charge in [0.05, 0.1) is 75.3 Å². The maximum atomic E-state index is 10.1. The van der Waals surface area contributed by atoms with E-state index in [1.165, 1.54) is 27.7 Å². The number of hydrogen-bond donors (Lipinski definition) is 28. The highest BCUT2D eigenvalue weighted by atomic mass is 32.1. The molecule has 8 aliphatic heterocycles. The molecular weight excluding hydrogens is 1340 g/mol. The molecule has 0 radical (unpaired) electrons. The summed E-state index contributed by atoms with van der Waals surface area (Å²) in [6.07, 6.45) is -48.8. The lowest BCUT2D eigenvalue weighted by atomic mass is 9.95. The van der Waals surface area contributed by atoms with Crippen LogP contribution in [-0.4, -0.2) is 417 Å². The van der Waals surface area contributed by atoms with Crippen molar-refractivity contribution in [2.24, 2.45) is 0 Å². The Morgan fingerprint density at radius 3 is 0.527 bits per heavy atom. The van der Waals surface area contributed by atoms with Crippen molar-refractivity contribution in [3.05, 3.63) is 0 Å². The normalized spacial score (nSPS) is 51.1. The minimum absolute atomic E-state index is 0. The van der Waals surface area contributed by atoms with Crippen LogP contribution >= 0.6 is 50.5 Å². The molecule has 40 atom stereocenters. The number of ether oxygens (including phenoxy) is 12. The van der Waals surface area contributed by atoms with Crippen LogP contribution in [0.4, 0.5) is 0 Å². The van der Waals surface area contributed by atoms with Crippen molar-refractivity contribution in [2.45, 2.75) is 280 Å². The van der Waals surface area contributed by atoms with Gasteiger partial charge in [0.1, 0.15) is 171 Å². The third kappa shape index (κ3) is 20.2. The third-order valence-electron chi connectivity index (χ3n) is 17.0. The van der Waals surface area contributed by atoms with Gasteiger partial charge in [0, 0.05) is 23.0 Å². The zero-order valence-electron chi connectivity index (χ0n) is 50.2. The number of rotatable bonds is 16. The summed E-state index contributed by atoms with van der Waals surface area (Å²) >= 11 is 16.0. The predicted molar refractivity (Wildman–Crippen MR) is 322 cm³/mol. The second kappa shape index (κ2) is 38.8. The Morgan fingerprint density at radius 1 is 0.226 bits per heavy atom. The number of aliphatic hydroxyl groups excluding tert-OH is 24. The lowest BCUT2D eigenvalue weighted by Gasteiger charge is -2.45. The first-order valence-electron chi connectivity index (χ1n) is 29.6. The highest BCUT2D eigenvalue weighted by molar-refractivity contribution is 7.80. The fraction of sp³-hybridized carbons (Fsp3) is 1.00. The summed E-state index contributed by atoms with van der Waals surface area (Å²) in [5.41, 5.74) is 0. The van der Waals surface area contributed by atoms with Crippen LogP contribution in [0.15, 0.2) is 0 Å². The van der Waals surface area contributed by atoms with E-state index in [4.69, 9.17) is 56.8 Å². The monoisotopic (exact) mass is 1440 g/mol. The summed E-state index contributed by atoms with van der Waals surface area (Å²) in [5, 5.41) is 236. The Labute approximate surface area is 557 Å². The maximum Gasteiger partial charge on any atom is 0.187 e. The van der Waals surface area contributed by atoms with Gasteiger partial charge in [0.15, 0.2) is 25.2 Å². The van der Waals surface area contributed by atoms with Crippen molar-refractivity contribution < 1.29 is 179 Å². The van der Waals surface area contributed by atoms with Gasteiger partial charge in [-0.15, -0.1) is 0 Å². The minimum Gasteiger partial charge on any atom is -0.394 e. The first-order valence-corrected chi connectivity index (χ1v) is 32.1. The molecule has 8 aliphatic rings. The number of hydrogen-bond acceptors (Lipinski definition) is 40. The molecule has 0 aromatic heterocycles. The molecule has 24 N–H and O–H groups in total. The van der Waals surface area contributed by atoms with Crippen molar-refractivity contribution in [1.82, 2.24) is 0 Å². The Balaban J connectivity index is 0.000000263. The molecule has 0 aromatic rings. The van der Waals surface area contributed by atoms with Gasteiger partial charge >= 0.3 is 0 Å². The first kappa shape index (κ1) is 85.4. The van der Waals surface area contributed by atoms with Gasteiger partial charge in [-0.1, -0.05) is 7.43 Å². The van der Waals surface area contributed by atoms with Gasteiger partial charge in [-0.05, 0) is 27.7 Å². The first-order chi connectivity index (χ1) is 43.2. The van der Waals surface area contributed by atoms with Gasteiger partial charge in [-0.25, -0.2) is 0 Å². The van der Waals surface area contributed by atoms with Gasteiger partial charge < -0.3 is 179 Å². The van der Waals surface area contributed by atoms with Gasteiger partial charge in [-0.2, -0.15) is 50.5 Å². The molecular formula is C53H100O36S4. The molecule has 0 spiro atoms. The number of aliphatic hydroxyl groups is 24. The topological polar surface area (TPSA) is 596 Å². The van der Waals surface area contributed by atoms with E-state index >= 15 is 0 Å². The second-order valence-corrected chi connectivity index (χ2v) is 24.8. The summed E-state index contributed by atoms with van der Waals surface area (Å²) in [6.45, 7) is 4.22. The van der Waals surface area contributed by atoms with Crippen LogP contribution in [0.3, 0.4) is 0 Å². The van der Waals surface area contributed by atoms with Crippen LogP contribution in [-0.2, 0) is 56.8 Å². The zero-order valence-corrected chi connectivity index (χ0v) is 53.7. The molecule has 8 rings (SSSR count). The van der Waals surface area contributed by atoms with E-state index in [1.807, 2.05) is 0 Å². The van der Waals surface area contributed by atoms with Crippen LogP contribution in [0, 0.1) is 0 Å². The quantitative estimate of drug-likeness (QED) is 0.0638. The van der Waals surface area contributed by atoms with E-state index in [0.29, 0.717) is 0 Å². The molecule has 8 fully saturated rings. The molecule has 552 valence electrons. The van der Waals surface area contributed by atoms with E-state index in [0.717, 1.165) is 0 Å². The Kier molecular flexibility index (Phi) is 35.7. The van der Waals surface area contributed by atoms with Crippen LogP contribution in [0.25, 0.3) is 0 Å². The SMILES string of the molecule is C.C[C@@H]1OC(CO)[C@@H](O[C@@H]2OC(CS)[C@H](O)[C@H](O)C2O)[C@H](O)C1O.C[C@@H]1OC(CO)[C@H](O[C@@H]2OC(CS)[C@H](O)[C@H](O)C2O)[C@H](O)C1O.C[C@@H]1OC(CO)[C@H](O[C@@H]2OC(CS)[C@H](O)[C@H](O)C2O)[C@H](O)C1O.C[C@H]1OC(CO)[C@@H](O[C@@H]2OC(CS)[C@H](O)[C@H](O)C2O)[C@H](O)C1O. The van der Waals surface area contributed by atoms with E-state index in [9.17, 15) is 123 Å². The third-order valence-corrected chi connectivity index (χ3v) is 18.4. The van der Waals surface area contributed by atoms with Crippen molar-refractivity contribution >= 4 is 50.5 Å². The lowest BCUT2D eigenvalue weighted by Crippen LogP contribution is -2.64. The van der Waals surface area contributed by atoms with Crippen molar-refractivity contribution in [2.75, 3.05) is 49.4 Å². The van der Waals surface area contributed by atoms with Crippen molar-refractivity contribution in [1.29, 1.82) is 0 Å². The molecule has 0 aromatic carbocycles. The molecule has 36 nitrogen and oxygen atoms in total. The van der Waals surface area contributed by atoms with E-state index in [-0.39, 0.29) is 30.4 Å². The lowest BCUT2D eigenvalue weighted by molar-refractivity contribution is -0.336. The van der Waals surface area contributed by atoms with Crippen LogP contribution in [0.1, 0.15) is 35.1 Å². The largest absolute Gasteiger partial charge is 0.394 e. The molecule has 8 saturated heterocycles. The van der Waals surface area contributed by atoms with Crippen molar-refractivity contribution in [3.8, 4) is 0 Å². The smallest absolute Gasteiger partial charge is 0.187 e. The molecule has 0 bridgehead atoms. The number of thiol groups is 4. The summed E-state index contributed by atoms with van der Waals surface area (Å²) in [4.78, 5) is 0. The van der Waals surface area contributed by atoms with Crippen LogP contribution in [0.2, 0.25) is 0 Å². The Morgan fingerprint density at radius 2 is 0.387 bits per heavy atom. The summed E-state index contributed by atoms with van der Waals surface area (Å²) in [5.74, 6) is 0.268. The maximum absolute atomic E-state index is 10.1. The van der Waals surface area contributed by atoms with Gasteiger partial charge in [0.25, 0.3) is 0 Å². The molecule has 8 heterocycles. The predicted octanol–water partition coefficient (Wildman–Crippen LogP) is -12.9. The summed E-state index contributed by atoms with van der Waals surface area (Å²) < 4.78 is 64.7. The Bertz CT molecular complexity index is 1810. The summed E-state index contributed by atoms with van der Waals surface area (Å²) in [7, 11) is 0. The second-order valence-electron chi connectivity index (χ2n) is 23.4. The fourth-order valence-electron chi connectivity index (χ4n) is 11.1. The standard InChI is InChI=1S/4C13H24O9S.CH4/c4*1-4-7(15)10(18)12(5(2-14)20-4)22-13-11(19)9(17)8(16)6(3-23)21-13;/h4*4-19,23H,2-3H2,1H3;1H4/t4-,5?,6?,7?,8+,9+,10-,11?,12-,13+;4-,5?,6?,7?,8-,9-,10+,11?,12+,13-;2*4-,5?,6?,7?,8-,9-,10+,11?,12-,13-;/m1000./s1. The Hall–Kier alpha value is -0.0400. The highest BCUT2D eigenvalue weighted by Crippen LogP contribution is 2.35. The molecule has 93 heavy (non-hydrogen) atoms. The molecule has 0 amide bonds. The van der Waals surface area contributed by atoms with Crippen LogP contribution in [0.5, 0.6) is 0 Å². The highest BCUT2D eigenvalue weighted by Gasteiger charge is 2.54.